The van der Waals surface area contributed by atoms with Gasteiger partial charge < -0.3 is 5.32 Å². The van der Waals surface area contributed by atoms with Crippen LogP contribution in [-0.2, 0) is 6.42 Å². The lowest BCUT2D eigenvalue weighted by Gasteiger charge is -2.15. The largest absolute Gasteiger partial charge is 0.314 e. The van der Waals surface area contributed by atoms with Crippen molar-refractivity contribution in [3.05, 3.63) is 35.6 Å². The molecule has 0 aliphatic heterocycles. The van der Waals surface area contributed by atoms with Gasteiger partial charge in [-0.25, -0.2) is 4.39 Å². The van der Waals surface area contributed by atoms with Crippen molar-refractivity contribution in [1.29, 1.82) is 0 Å². The monoisotopic (exact) mass is 223 g/mol. The molecule has 1 rings (SSSR count). The molecular formula is C14H22FN. The molecule has 90 valence electrons. The van der Waals surface area contributed by atoms with Gasteiger partial charge in [0.05, 0.1) is 0 Å². The summed E-state index contributed by atoms with van der Waals surface area (Å²) >= 11 is 0. The molecule has 0 fully saturated rings. The fourth-order valence-corrected chi connectivity index (χ4v) is 1.91. The van der Waals surface area contributed by atoms with Gasteiger partial charge in [-0.1, -0.05) is 38.5 Å². The summed E-state index contributed by atoms with van der Waals surface area (Å²) in [5.41, 5.74) is 0.807. The summed E-state index contributed by atoms with van der Waals surface area (Å²) in [7, 11) is 0. The zero-order valence-corrected chi connectivity index (χ0v) is 10.3. The van der Waals surface area contributed by atoms with Crippen LogP contribution in [0.1, 0.15) is 38.7 Å². The summed E-state index contributed by atoms with van der Waals surface area (Å²) < 4.78 is 13.3. The molecule has 1 aromatic rings. The van der Waals surface area contributed by atoms with Crippen LogP contribution in [0.2, 0.25) is 0 Å². The molecule has 1 aromatic carbocycles. The average Bonchev–Trinajstić information content (AvgIpc) is 2.30. The summed E-state index contributed by atoms with van der Waals surface area (Å²) in [6, 6.07) is 7.59. The van der Waals surface area contributed by atoms with Crippen LogP contribution in [0, 0.1) is 5.82 Å². The molecule has 0 aliphatic carbocycles. The zero-order valence-electron chi connectivity index (χ0n) is 10.3. The van der Waals surface area contributed by atoms with Crippen LogP contribution in [0.25, 0.3) is 0 Å². The Hall–Kier alpha value is -0.890. The van der Waals surface area contributed by atoms with Gasteiger partial charge >= 0.3 is 0 Å². The molecule has 0 heterocycles. The number of halogens is 1. The van der Waals surface area contributed by atoms with Crippen LogP contribution < -0.4 is 5.32 Å². The molecule has 0 spiro atoms. The number of benzene rings is 1. The van der Waals surface area contributed by atoms with Crippen molar-refractivity contribution in [1.82, 2.24) is 5.32 Å². The minimum Gasteiger partial charge on any atom is -0.314 e. The molecule has 0 bridgehead atoms. The van der Waals surface area contributed by atoms with Crippen molar-refractivity contribution in [2.75, 3.05) is 6.54 Å². The minimum absolute atomic E-state index is 0.0900. The maximum Gasteiger partial charge on any atom is 0.126 e. The minimum atomic E-state index is -0.0900. The Balaban J connectivity index is 2.32. The lowest BCUT2D eigenvalue weighted by atomic mass is 10.1. The van der Waals surface area contributed by atoms with Crippen molar-refractivity contribution >= 4 is 0 Å². The highest BCUT2D eigenvalue weighted by molar-refractivity contribution is 5.17. The van der Waals surface area contributed by atoms with Crippen LogP contribution in [0.3, 0.4) is 0 Å². The topological polar surface area (TPSA) is 12.0 Å². The van der Waals surface area contributed by atoms with Gasteiger partial charge in [-0.15, -0.1) is 0 Å². The van der Waals surface area contributed by atoms with Gasteiger partial charge in [-0.3, -0.25) is 0 Å². The van der Waals surface area contributed by atoms with E-state index in [9.17, 15) is 4.39 Å². The van der Waals surface area contributed by atoms with Crippen molar-refractivity contribution in [3.63, 3.8) is 0 Å². The molecule has 0 saturated heterocycles. The molecule has 16 heavy (non-hydrogen) atoms. The lowest BCUT2D eigenvalue weighted by Crippen LogP contribution is -2.30. The molecule has 0 aromatic heterocycles. The van der Waals surface area contributed by atoms with Gasteiger partial charge in [0.15, 0.2) is 0 Å². The Labute approximate surface area is 98.1 Å². The van der Waals surface area contributed by atoms with Crippen molar-refractivity contribution in [2.45, 2.75) is 45.6 Å². The number of hydrogen-bond donors (Lipinski definition) is 1. The normalized spacial score (nSPS) is 12.7. The third-order valence-corrected chi connectivity index (χ3v) is 2.92. The lowest BCUT2D eigenvalue weighted by molar-refractivity contribution is 0.464. The van der Waals surface area contributed by atoms with E-state index in [2.05, 4.69) is 19.2 Å². The second kappa shape index (κ2) is 7.39. The van der Waals surface area contributed by atoms with Crippen molar-refractivity contribution in [3.8, 4) is 0 Å². The molecule has 0 saturated carbocycles. The standard InChI is InChI=1S/C14H22FN/c1-3-7-13(4-2)16-11-10-12-8-5-6-9-14(12)15/h5-6,8-9,13,16H,3-4,7,10-11H2,1-2H3. The van der Waals surface area contributed by atoms with E-state index in [0.717, 1.165) is 24.9 Å². The third kappa shape index (κ3) is 4.31. The molecule has 1 atom stereocenters. The summed E-state index contributed by atoms with van der Waals surface area (Å²) in [6.07, 6.45) is 4.32. The summed E-state index contributed by atoms with van der Waals surface area (Å²) in [5.74, 6) is -0.0900. The van der Waals surface area contributed by atoms with Crippen LogP contribution in [0.4, 0.5) is 4.39 Å². The fraction of sp³-hybridized carbons (Fsp3) is 0.571. The molecule has 1 N–H and O–H groups in total. The van der Waals surface area contributed by atoms with Gasteiger partial charge in [-0.2, -0.15) is 0 Å². The molecule has 1 nitrogen and oxygen atoms in total. The third-order valence-electron chi connectivity index (χ3n) is 2.92. The second-order valence-electron chi connectivity index (χ2n) is 4.19. The Morgan fingerprint density at radius 3 is 2.62 bits per heavy atom. The highest BCUT2D eigenvalue weighted by Crippen LogP contribution is 2.07. The maximum atomic E-state index is 13.3. The molecular weight excluding hydrogens is 201 g/mol. The Bertz CT molecular complexity index is 299. The summed E-state index contributed by atoms with van der Waals surface area (Å²) in [5, 5.41) is 3.48. The highest BCUT2D eigenvalue weighted by Gasteiger charge is 2.04. The number of nitrogens with one attached hydrogen (secondary N) is 1. The van der Waals surface area contributed by atoms with Gasteiger partial charge in [0.25, 0.3) is 0 Å². The first-order chi connectivity index (χ1) is 7.77. The summed E-state index contributed by atoms with van der Waals surface area (Å²) in [6.45, 7) is 5.25. The predicted octanol–water partition coefficient (Wildman–Crippen LogP) is 3.54. The predicted molar refractivity (Wildman–Crippen MR) is 67.1 cm³/mol. The first kappa shape index (κ1) is 13.2. The van der Waals surface area contributed by atoms with Crippen LogP contribution >= 0.6 is 0 Å². The first-order valence-corrected chi connectivity index (χ1v) is 6.24. The van der Waals surface area contributed by atoms with E-state index in [4.69, 9.17) is 0 Å². The molecule has 2 heteroatoms. The van der Waals surface area contributed by atoms with E-state index in [-0.39, 0.29) is 5.82 Å². The SMILES string of the molecule is CCCC(CC)NCCc1ccccc1F. The molecule has 0 aliphatic rings. The van der Waals surface area contributed by atoms with Gasteiger partial charge in [0.1, 0.15) is 5.82 Å². The Kier molecular flexibility index (Phi) is 6.09. The quantitative estimate of drug-likeness (QED) is 0.745. The van der Waals surface area contributed by atoms with E-state index < -0.39 is 0 Å². The fourth-order valence-electron chi connectivity index (χ4n) is 1.91. The van der Waals surface area contributed by atoms with Crippen molar-refractivity contribution in [2.24, 2.45) is 0 Å². The number of hydrogen-bond acceptors (Lipinski definition) is 1. The second-order valence-corrected chi connectivity index (χ2v) is 4.19. The van der Waals surface area contributed by atoms with E-state index in [1.54, 1.807) is 6.07 Å². The van der Waals surface area contributed by atoms with E-state index >= 15 is 0 Å². The first-order valence-electron chi connectivity index (χ1n) is 6.24. The van der Waals surface area contributed by atoms with Crippen LogP contribution in [0.15, 0.2) is 24.3 Å². The molecule has 0 radical (unpaired) electrons. The smallest absolute Gasteiger partial charge is 0.126 e. The number of rotatable bonds is 7. The summed E-state index contributed by atoms with van der Waals surface area (Å²) in [4.78, 5) is 0. The van der Waals surface area contributed by atoms with E-state index in [1.165, 1.54) is 18.9 Å². The van der Waals surface area contributed by atoms with E-state index in [1.807, 2.05) is 12.1 Å². The van der Waals surface area contributed by atoms with Crippen LogP contribution in [-0.4, -0.2) is 12.6 Å². The Morgan fingerprint density at radius 2 is 2.00 bits per heavy atom. The maximum absolute atomic E-state index is 13.3. The van der Waals surface area contributed by atoms with E-state index in [0.29, 0.717) is 6.04 Å². The van der Waals surface area contributed by atoms with Gasteiger partial charge in [0.2, 0.25) is 0 Å². The highest BCUT2D eigenvalue weighted by atomic mass is 19.1. The zero-order chi connectivity index (χ0) is 11.8. The van der Waals surface area contributed by atoms with Gasteiger partial charge in [0, 0.05) is 6.04 Å². The molecule has 1 unspecified atom stereocenters. The average molecular weight is 223 g/mol. The molecule has 0 amide bonds. The Morgan fingerprint density at radius 1 is 1.25 bits per heavy atom. The van der Waals surface area contributed by atoms with Crippen molar-refractivity contribution < 1.29 is 4.39 Å². The van der Waals surface area contributed by atoms with Gasteiger partial charge in [-0.05, 0) is 37.4 Å². The van der Waals surface area contributed by atoms with Crippen LogP contribution in [0.5, 0.6) is 0 Å².